The molecule has 2 aromatic rings. The van der Waals surface area contributed by atoms with Crippen molar-refractivity contribution in [2.75, 3.05) is 0 Å². The van der Waals surface area contributed by atoms with Gasteiger partial charge in [-0.1, -0.05) is 6.92 Å². The largest absolute Gasteiger partial charge is 0.253 e. The molecule has 0 aliphatic heterocycles. The highest BCUT2D eigenvalue weighted by Gasteiger charge is 2.14. The molecule has 0 fully saturated rings. The second-order valence-corrected chi connectivity index (χ2v) is 5.49. The highest BCUT2D eigenvalue weighted by Crippen LogP contribution is 2.02. The van der Waals surface area contributed by atoms with Crippen LogP contribution in [0.1, 0.15) is 36.4 Å². The maximum atomic E-state index is 2.26. The zero-order valence-corrected chi connectivity index (χ0v) is 14.4. The minimum atomic E-state index is 1.13. The number of hydrogen-bond acceptors (Lipinski definition) is 0. The number of imidazole rings is 2. The second-order valence-electron chi connectivity index (χ2n) is 5.49. The normalized spacial score (nSPS) is 10.4. The van der Waals surface area contributed by atoms with Gasteiger partial charge in [0, 0.05) is 27.7 Å². The van der Waals surface area contributed by atoms with Gasteiger partial charge in [-0.2, -0.15) is 0 Å². The van der Waals surface area contributed by atoms with E-state index in [0.29, 0.717) is 0 Å². The third-order valence-corrected chi connectivity index (χ3v) is 4.36. The SMILES string of the molecule is CCCn1cc[n+](C)c1C.Cc1c(C)[n+](C)c(C)n1C. The topological polar surface area (TPSA) is 17.6 Å². The first-order chi connectivity index (χ1) is 9.31. The van der Waals surface area contributed by atoms with Crippen molar-refractivity contribution in [1.82, 2.24) is 9.13 Å². The number of rotatable bonds is 2. The van der Waals surface area contributed by atoms with Gasteiger partial charge in [0.2, 0.25) is 0 Å². The van der Waals surface area contributed by atoms with E-state index in [2.05, 4.69) is 86.4 Å². The maximum absolute atomic E-state index is 2.26. The van der Waals surface area contributed by atoms with E-state index >= 15 is 0 Å². The molecule has 2 aromatic heterocycles. The van der Waals surface area contributed by atoms with Crippen LogP contribution < -0.4 is 9.13 Å². The molecule has 0 aliphatic rings. The smallest absolute Gasteiger partial charge is 0.237 e. The van der Waals surface area contributed by atoms with Gasteiger partial charge in [-0.05, 0) is 6.42 Å². The van der Waals surface area contributed by atoms with Gasteiger partial charge < -0.3 is 0 Å². The highest BCUT2D eigenvalue weighted by molar-refractivity contribution is 5.05. The molecule has 0 radical (unpaired) electrons. The van der Waals surface area contributed by atoms with Crippen molar-refractivity contribution in [3.8, 4) is 0 Å². The minimum absolute atomic E-state index is 1.13. The Morgan fingerprint density at radius 3 is 1.90 bits per heavy atom. The summed E-state index contributed by atoms with van der Waals surface area (Å²) in [6.45, 7) is 11.9. The van der Waals surface area contributed by atoms with Crippen molar-refractivity contribution in [2.45, 2.75) is 47.6 Å². The average molecular weight is 278 g/mol. The minimum Gasteiger partial charge on any atom is -0.237 e. The molecule has 20 heavy (non-hydrogen) atoms. The Balaban J connectivity index is 0.000000200. The molecule has 0 aromatic carbocycles. The van der Waals surface area contributed by atoms with Crippen LogP contribution in [-0.4, -0.2) is 9.13 Å². The molecule has 4 heteroatoms. The zero-order valence-electron chi connectivity index (χ0n) is 14.4. The Kier molecular flexibility index (Phi) is 5.54. The Morgan fingerprint density at radius 2 is 1.65 bits per heavy atom. The fourth-order valence-corrected chi connectivity index (χ4v) is 2.27. The molecule has 0 saturated carbocycles. The third kappa shape index (κ3) is 3.30. The number of hydrogen-bond donors (Lipinski definition) is 0. The van der Waals surface area contributed by atoms with E-state index in [0.717, 1.165) is 6.54 Å². The summed E-state index contributed by atoms with van der Waals surface area (Å²) in [5, 5.41) is 0. The van der Waals surface area contributed by atoms with E-state index in [9.17, 15) is 0 Å². The fraction of sp³-hybridized carbons (Fsp3) is 0.625. The summed E-state index contributed by atoms with van der Waals surface area (Å²) in [7, 11) is 6.26. The van der Waals surface area contributed by atoms with Gasteiger partial charge in [0.15, 0.2) is 0 Å². The molecule has 0 amide bonds. The lowest BCUT2D eigenvalue weighted by atomic mass is 10.4. The monoisotopic (exact) mass is 278 g/mol. The van der Waals surface area contributed by atoms with E-state index in [1.54, 1.807) is 0 Å². The van der Waals surface area contributed by atoms with E-state index in [1.165, 1.54) is 29.5 Å². The van der Waals surface area contributed by atoms with Crippen molar-refractivity contribution < 1.29 is 9.13 Å². The van der Waals surface area contributed by atoms with Crippen LogP contribution in [-0.2, 0) is 27.7 Å². The molecule has 0 atom stereocenters. The average Bonchev–Trinajstić information content (AvgIpc) is 2.83. The quantitative estimate of drug-likeness (QED) is 0.746. The summed E-state index contributed by atoms with van der Waals surface area (Å²) in [5.74, 6) is 2.62. The molecule has 0 aliphatic carbocycles. The first-order valence-corrected chi connectivity index (χ1v) is 7.31. The predicted octanol–water partition coefficient (Wildman–Crippen LogP) is 1.81. The van der Waals surface area contributed by atoms with Crippen molar-refractivity contribution >= 4 is 0 Å². The standard InChI is InChI=1S/2C8H15N2/c1-6-7(2)10(5)8(3)9(6)4;1-4-5-10-7-6-9(3)8(10)2/h1-5H3;6-7H,4-5H2,1-3H3/q2*+1. The lowest BCUT2D eigenvalue weighted by Gasteiger charge is -1.93. The number of nitrogens with zero attached hydrogens (tertiary/aromatic N) is 4. The van der Waals surface area contributed by atoms with E-state index in [1.807, 2.05) is 0 Å². The van der Waals surface area contributed by atoms with Gasteiger partial charge in [-0.3, -0.25) is 0 Å². The summed E-state index contributed by atoms with van der Waals surface area (Å²) in [6.07, 6.45) is 5.42. The Labute approximate surface area is 123 Å². The molecule has 0 spiro atoms. The van der Waals surface area contributed by atoms with Gasteiger partial charge in [0.05, 0.1) is 27.7 Å². The van der Waals surface area contributed by atoms with Crippen LogP contribution in [0.2, 0.25) is 0 Å². The lowest BCUT2D eigenvalue weighted by molar-refractivity contribution is -0.683. The highest BCUT2D eigenvalue weighted by atomic mass is 15.1. The van der Waals surface area contributed by atoms with Crippen LogP contribution in [0.4, 0.5) is 0 Å². The van der Waals surface area contributed by atoms with Gasteiger partial charge in [-0.25, -0.2) is 18.3 Å². The van der Waals surface area contributed by atoms with Gasteiger partial charge in [-0.15, -0.1) is 0 Å². The molecule has 2 rings (SSSR count). The number of aryl methyl sites for hydroxylation is 2. The second kappa shape index (κ2) is 6.73. The van der Waals surface area contributed by atoms with Crippen LogP contribution in [0.15, 0.2) is 12.4 Å². The molecule has 0 saturated heterocycles. The molecular formula is C16H30N4+2. The Bertz CT molecular complexity index is 495. The first-order valence-electron chi connectivity index (χ1n) is 7.31. The molecule has 112 valence electrons. The Morgan fingerprint density at radius 1 is 1.05 bits per heavy atom. The summed E-state index contributed by atoms with van der Waals surface area (Å²) < 4.78 is 8.81. The molecule has 0 bridgehead atoms. The van der Waals surface area contributed by atoms with Gasteiger partial charge >= 0.3 is 0 Å². The summed E-state index contributed by atoms with van der Waals surface area (Å²) in [6, 6.07) is 0. The van der Waals surface area contributed by atoms with E-state index < -0.39 is 0 Å². The molecule has 4 nitrogen and oxygen atoms in total. The molecule has 0 unspecified atom stereocenters. The summed E-state index contributed by atoms with van der Waals surface area (Å²) in [5.41, 5.74) is 2.69. The van der Waals surface area contributed by atoms with Crippen molar-refractivity contribution in [1.29, 1.82) is 0 Å². The third-order valence-electron chi connectivity index (χ3n) is 4.36. The molecule has 2 heterocycles. The van der Waals surface area contributed by atoms with Crippen molar-refractivity contribution in [3.05, 3.63) is 35.4 Å². The fourth-order valence-electron chi connectivity index (χ4n) is 2.27. The van der Waals surface area contributed by atoms with Gasteiger partial charge in [0.1, 0.15) is 23.8 Å². The Hall–Kier alpha value is -1.58. The van der Waals surface area contributed by atoms with Crippen LogP contribution in [0.5, 0.6) is 0 Å². The van der Waals surface area contributed by atoms with Crippen molar-refractivity contribution in [2.24, 2.45) is 21.1 Å². The van der Waals surface area contributed by atoms with Crippen LogP contribution >= 0.6 is 0 Å². The molecule has 0 N–H and O–H groups in total. The van der Waals surface area contributed by atoms with E-state index in [4.69, 9.17) is 0 Å². The molecular weight excluding hydrogens is 248 g/mol. The zero-order chi connectivity index (χ0) is 15.4. The summed E-state index contributed by atoms with van der Waals surface area (Å²) in [4.78, 5) is 0. The summed E-state index contributed by atoms with van der Waals surface area (Å²) >= 11 is 0. The lowest BCUT2D eigenvalue weighted by Crippen LogP contribution is -2.32. The predicted molar refractivity (Wildman–Crippen MR) is 81.4 cm³/mol. The van der Waals surface area contributed by atoms with E-state index in [-0.39, 0.29) is 0 Å². The first kappa shape index (κ1) is 16.5. The van der Waals surface area contributed by atoms with Crippen molar-refractivity contribution in [3.63, 3.8) is 0 Å². The van der Waals surface area contributed by atoms with Crippen LogP contribution in [0.3, 0.4) is 0 Å². The maximum Gasteiger partial charge on any atom is 0.253 e. The van der Waals surface area contributed by atoms with Gasteiger partial charge in [0.25, 0.3) is 11.6 Å². The number of aromatic nitrogens is 4. The van der Waals surface area contributed by atoms with Crippen LogP contribution in [0.25, 0.3) is 0 Å². The van der Waals surface area contributed by atoms with Crippen LogP contribution in [0, 0.1) is 27.7 Å².